The molecule has 0 aliphatic heterocycles. The third-order valence-electron chi connectivity index (χ3n) is 4.00. The molecule has 4 rings (SSSR count). The van der Waals surface area contributed by atoms with E-state index in [-0.39, 0.29) is 0 Å². The average Bonchev–Trinajstić information content (AvgIpc) is 3.04. The summed E-state index contributed by atoms with van der Waals surface area (Å²) < 4.78 is 1.85. The Bertz CT molecular complexity index is 1070. The number of nitrogens with two attached hydrogens (primary N) is 1. The average molecular weight is 351 g/mol. The zero-order valence-electron chi connectivity index (χ0n) is 13.4. The van der Waals surface area contributed by atoms with Gasteiger partial charge in [0.05, 0.1) is 11.0 Å². The summed E-state index contributed by atoms with van der Waals surface area (Å²) in [6, 6.07) is 13.4. The number of halogens is 1. The van der Waals surface area contributed by atoms with Crippen molar-refractivity contribution in [3.63, 3.8) is 0 Å². The molecule has 7 heteroatoms. The molecule has 25 heavy (non-hydrogen) atoms. The fourth-order valence-corrected chi connectivity index (χ4v) is 2.83. The van der Waals surface area contributed by atoms with E-state index in [1.54, 1.807) is 6.33 Å². The number of anilines is 3. The van der Waals surface area contributed by atoms with E-state index in [9.17, 15) is 0 Å². The fourth-order valence-electron chi connectivity index (χ4n) is 2.66. The Morgan fingerprint density at radius 3 is 2.80 bits per heavy atom. The topological polar surface area (TPSA) is 81.7 Å². The van der Waals surface area contributed by atoms with Crippen molar-refractivity contribution in [1.29, 1.82) is 0 Å². The van der Waals surface area contributed by atoms with Crippen molar-refractivity contribution in [3.05, 3.63) is 65.7 Å². The van der Waals surface area contributed by atoms with Crippen LogP contribution in [0.5, 0.6) is 0 Å². The lowest BCUT2D eigenvalue weighted by molar-refractivity contribution is 1.00. The molecule has 0 aliphatic carbocycles. The summed E-state index contributed by atoms with van der Waals surface area (Å²) in [6.45, 7) is 1.99. The molecular weight excluding hydrogens is 336 g/mol. The Balaban J connectivity index is 1.79. The van der Waals surface area contributed by atoms with Gasteiger partial charge in [-0.25, -0.2) is 15.0 Å². The van der Waals surface area contributed by atoms with Gasteiger partial charge in [0.15, 0.2) is 11.6 Å². The summed E-state index contributed by atoms with van der Waals surface area (Å²) in [7, 11) is 0. The van der Waals surface area contributed by atoms with Gasteiger partial charge in [-0.3, -0.25) is 4.57 Å². The first kappa shape index (κ1) is 15.4. The molecule has 2 aromatic heterocycles. The molecule has 0 saturated carbocycles. The predicted octanol–water partition coefficient (Wildman–Crippen LogP) is 4.10. The van der Waals surface area contributed by atoms with Crippen LogP contribution in [-0.4, -0.2) is 19.5 Å². The third-order valence-corrected chi connectivity index (χ3v) is 4.23. The third kappa shape index (κ3) is 2.77. The highest BCUT2D eigenvalue weighted by molar-refractivity contribution is 6.30. The number of nitrogens with one attached hydrogen (secondary N) is 1. The van der Waals surface area contributed by atoms with Crippen LogP contribution >= 0.6 is 11.6 Å². The molecular formula is C18H15ClN6. The van der Waals surface area contributed by atoms with Crippen molar-refractivity contribution in [3.8, 4) is 5.82 Å². The number of hydrogen-bond acceptors (Lipinski definition) is 5. The number of fused-ring (bicyclic) bond motifs is 1. The maximum absolute atomic E-state index is 6.33. The molecule has 0 unspecified atom stereocenters. The minimum absolute atomic E-state index is 0.435. The smallest absolute Gasteiger partial charge is 0.167 e. The molecule has 0 spiro atoms. The van der Waals surface area contributed by atoms with Crippen molar-refractivity contribution in [2.75, 3.05) is 11.1 Å². The Hall–Kier alpha value is -3.12. The van der Waals surface area contributed by atoms with Crippen LogP contribution < -0.4 is 11.1 Å². The van der Waals surface area contributed by atoms with Gasteiger partial charge in [-0.2, -0.15) is 0 Å². The van der Waals surface area contributed by atoms with Crippen LogP contribution in [0.1, 0.15) is 5.56 Å². The van der Waals surface area contributed by atoms with Gasteiger partial charge >= 0.3 is 0 Å². The van der Waals surface area contributed by atoms with Crippen LogP contribution in [0.2, 0.25) is 5.02 Å². The largest absolute Gasteiger partial charge is 0.393 e. The quantitative estimate of drug-likeness (QED) is 0.581. The second kappa shape index (κ2) is 6.07. The monoisotopic (exact) mass is 350 g/mol. The number of benzene rings is 2. The van der Waals surface area contributed by atoms with Crippen LogP contribution in [0.15, 0.2) is 55.1 Å². The van der Waals surface area contributed by atoms with E-state index >= 15 is 0 Å². The van der Waals surface area contributed by atoms with Gasteiger partial charge in [-0.05, 0) is 36.8 Å². The Kier molecular flexibility index (Phi) is 3.74. The highest BCUT2D eigenvalue weighted by Gasteiger charge is 2.13. The molecule has 0 amide bonds. The Morgan fingerprint density at radius 2 is 1.92 bits per heavy atom. The maximum Gasteiger partial charge on any atom is 0.167 e. The van der Waals surface area contributed by atoms with E-state index < -0.39 is 0 Å². The normalized spacial score (nSPS) is 11.0. The second-order valence-corrected chi connectivity index (χ2v) is 6.08. The Morgan fingerprint density at radius 1 is 1.08 bits per heavy atom. The van der Waals surface area contributed by atoms with Gasteiger partial charge in [0.2, 0.25) is 0 Å². The fraction of sp³-hybridized carbons (Fsp3) is 0.0556. The second-order valence-electron chi connectivity index (χ2n) is 5.65. The van der Waals surface area contributed by atoms with Crippen LogP contribution in [0.3, 0.4) is 0 Å². The van der Waals surface area contributed by atoms with Gasteiger partial charge in [0.1, 0.15) is 18.3 Å². The zero-order valence-corrected chi connectivity index (χ0v) is 14.2. The summed E-state index contributed by atoms with van der Waals surface area (Å²) in [5.74, 6) is 1.10. The lowest BCUT2D eigenvalue weighted by Gasteiger charge is -2.13. The first-order valence-electron chi connectivity index (χ1n) is 7.69. The number of para-hydroxylation sites is 2. The van der Waals surface area contributed by atoms with E-state index in [0.717, 1.165) is 22.3 Å². The van der Waals surface area contributed by atoms with Crippen molar-refractivity contribution in [1.82, 2.24) is 19.5 Å². The first-order chi connectivity index (χ1) is 12.1. The molecule has 0 fully saturated rings. The molecule has 0 bridgehead atoms. The lowest BCUT2D eigenvalue weighted by Crippen LogP contribution is -2.07. The minimum Gasteiger partial charge on any atom is -0.393 e. The SMILES string of the molecule is Cc1ccc(Cl)cc1Nc1ncnc(-n2cnc3ccccc32)c1N. The van der Waals surface area contributed by atoms with E-state index in [0.29, 0.717) is 22.3 Å². The number of nitrogen functional groups attached to an aromatic ring is 1. The van der Waals surface area contributed by atoms with Gasteiger partial charge in [0.25, 0.3) is 0 Å². The number of nitrogens with zero attached hydrogens (tertiary/aromatic N) is 4. The predicted molar refractivity (Wildman–Crippen MR) is 101 cm³/mol. The maximum atomic E-state index is 6.33. The Labute approximate surface area is 149 Å². The molecule has 2 heterocycles. The van der Waals surface area contributed by atoms with Crippen LogP contribution in [0, 0.1) is 6.92 Å². The van der Waals surface area contributed by atoms with Crippen LogP contribution in [-0.2, 0) is 0 Å². The van der Waals surface area contributed by atoms with Crippen molar-refractivity contribution < 1.29 is 0 Å². The highest BCUT2D eigenvalue weighted by atomic mass is 35.5. The number of rotatable bonds is 3. The summed E-state index contributed by atoms with van der Waals surface area (Å²) >= 11 is 6.08. The molecule has 0 radical (unpaired) electrons. The molecule has 4 aromatic rings. The zero-order chi connectivity index (χ0) is 17.4. The summed E-state index contributed by atoms with van der Waals surface area (Å²) in [4.78, 5) is 13.0. The standard InChI is InChI=1S/C18H15ClN6/c1-11-6-7-12(19)8-14(11)24-17-16(20)18(22-9-21-17)25-10-23-13-4-2-3-5-15(13)25/h2-10H,20H2,1H3,(H,21,22,24). The molecule has 0 aliphatic rings. The molecule has 124 valence electrons. The van der Waals surface area contributed by atoms with Crippen molar-refractivity contribution in [2.45, 2.75) is 6.92 Å². The van der Waals surface area contributed by atoms with Crippen molar-refractivity contribution >= 4 is 39.8 Å². The number of aryl methyl sites for hydroxylation is 1. The minimum atomic E-state index is 0.435. The van der Waals surface area contributed by atoms with Gasteiger partial charge in [0, 0.05) is 10.7 Å². The number of aromatic nitrogens is 4. The van der Waals surface area contributed by atoms with E-state index in [4.69, 9.17) is 17.3 Å². The summed E-state index contributed by atoms with van der Waals surface area (Å²) in [5.41, 5.74) is 10.5. The molecule has 0 saturated heterocycles. The molecule has 0 atom stereocenters. The first-order valence-corrected chi connectivity index (χ1v) is 8.07. The highest BCUT2D eigenvalue weighted by Crippen LogP contribution is 2.29. The molecule has 6 nitrogen and oxygen atoms in total. The summed E-state index contributed by atoms with van der Waals surface area (Å²) in [5, 5.41) is 3.88. The van der Waals surface area contributed by atoms with Crippen molar-refractivity contribution in [2.24, 2.45) is 0 Å². The summed E-state index contributed by atoms with van der Waals surface area (Å²) in [6.07, 6.45) is 3.18. The van der Waals surface area contributed by atoms with E-state index in [1.807, 2.05) is 54.0 Å². The van der Waals surface area contributed by atoms with Gasteiger partial charge < -0.3 is 11.1 Å². The van der Waals surface area contributed by atoms with Gasteiger partial charge in [-0.15, -0.1) is 0 Å². The van der Waals surface area contributed by atoms with E-state index in [1.165, 1.54) is 6.33 Å². The van der Waals surface area contributed by atoms with Gasteiger partial charge in [-0.1, -0.05) is 29.8 Å². The van der Waals surface area contributed by atoms with Crippen LogP contribution in [0.25, 0.3) is 16.9 Å². The number of imidazole rings is 1. The lowest BCUT2D eigenvalue weighted by atomic mass is 10.2. The molecule has 3 N–H and O–H groups in total. The van der Waals surface area contributed by atoms with Crippen LogP contribution in [0.4, 0.5) is 17.2 Å². The molecule has 2 aromatic carbocycles. The van der Waals surface area contributed by atoms with E-state index in [2.05, 4.69) is 20.3 Å². The number of hydrogen-bond donors (Lipinski definition) is 2.